The fourth-order valence-corrected chi connectivity index (χ4v) is 3.55. The lowest BCUT2D eigenvalue weighted by Crippen LogP contribution is -2.23. The zero-order chi connectivity index (χ0) is 19.5. The van der Waals surface area contributed by atoms with Gasteiger partial charge in [-0.15, -0.1) is 0 Å². The number of ether oxygens (including phenoxy) is 2. The summed E-state index contributed by atoms with van der Waals surface area (Å²) in [5.74, 6) is 2.52. The number of aromatic nitrogens is 2. The van der Waals surface area contributed by atoms with Gasteiger partial charge < -0.3 is 19.8 Å². The van der Waals surface area contributed by atoms with Crippen molar-refractivity contribution in [1.29, 1.82) is 0 Å². The SMILES string of the molecule is CCOc1cc2c(cc1CNC(=O)CCc1nc3ccccc3[nH]1)O[C@@H](C)C2. The maximum atomic E-state index is 12.3. The van der Waals surface area contributed by atoms with Crippen LogP contribution in [-0.2, 0) is 24.2 Å². The quantitative estimate of drug-likeness (QED) is 0.658. The topological polar surface area (TPSA) is 76.2 Å². The minimum atomic E-state index is -0.0160. The third kappa shape index (κ3) is 3.96. The molecule has 1 atom stereocenters. The third-order valence-corrected chi connectivity index (χ3v) is 4.88. The predicted octanol–water partition coefficient (Wildman–Crippen LogP) is 3.53. The van der Waals surface area contributed by atoms with Crippen LogP contribution in [-0.4, -0.2) is 28.6 Å². The van der Waals surface area contributed by atoms with E-state index in [0.717, 1.165) is 45.9 Å². The smallest absolute Gasteiger partial charge is 0.220 e. The first-order valence-electron chi connectivity index (χ1n) is 9.78. The van der Waals surface area contributed by atoms with Gasteiger partial charge in [-0.05, 0) is 38.1 Å². The average Bonchev–Trinajstić information content (AvgIpc) is 3.26. The van der Waals surface area contributed by atoms with Gasteiger partial charge in [-0.2, -0.15) is 0 Å². The van der Waals surface area contributed by atoms with Crippen LogP contribution in [0.15, 0.2) is 36.4 Å². The summed E-state index contributed by atoms with van der Waals surface area (Å²) in [6.07, 6.45) is 2.02. The Kier molecular flexibility index (Phi) is 5.19. The highest BCUT2D eigenvalue weighted by molar-refractivity contribution is 5.77. The number of aryl methyl sites for hydroxylation is 1. The molecule has 1 aliphatic rings. The molecule has 0 fully saturated rings. The van der Waals surface area contributed by atoms with Crippen LogP contribution in [0.4, 0.5) is 0 Å². The van der Waals surface area contributed by atoms with E-state index in [4.69, 9.17) is 9.47 Å². The largest absolute Gasteiger partial charge is 0.494 e. The first-order valence-corrected chi connectivity index (χ1v) is 9.78. The predicted molar refractivity (Wildman–Crippen MR) is 108 cm³/mol. The summed E-state index contributed by atoms with van der Waals surface area (Å²) in [4.78, 5) is 20.1. The second kappa shape index (κ2) is 7.92. The summed E-state index contributed by atoms with van der Waals surface area (Å²) in [6.45, 7) is 5.02. The Balaban J connectivity index is 1.37. The van der Waals surface area contributed by atoms with E-state index in [-0.39, 0.29) is 12.0 Å². The van der Waals surface area contributed by atoms with Crippen LogP contribution >= 0.6 is 0 Å². The summed E-state index contributed by atoms with van der Waals surface area (Å²) in [5, 5.41) is 2.99. The monoisotopic (exact) mass is 379 g/mol. The van der Waals surface area contributed by atoms with Crippen molar-refractivity contribution in [3.63, 3.8) is 0 Å². The number of nitrogens with one attached hydrogen (secondary N) is 2. The number of para-hydroxylation sites is 2. The minimum absolute atomic E-state index is 0.0160. The van der Waals surface area contributed by atoms with E-state index < -0.39 is 0 Å². The van der Waals surface area contributed by atoms with E-state index in [9.17, 15) is 4.79 Å². The molecule has 1 amide bonds. The summed E-state index contributed by atoms with van der Waals surface area (Å²) in [6, 6.07) is 11.9. The van der Waals surface area contributed by atoms with Crippen LogP contribution in [0.3, 0.4) is 0 Å². The fraction of sp³-hybridized carbons (Fsp3) is 0.364. The molecule has 0 radical (unpaired) electrons. The standard InChI is InChI=1S/C22H25N3O3/c1-3-27-19-11-15-10-14(2)28-20(15)12-16(19)13-23-22(26)9-8-21-24-17-6-4-5-7-18(17)25-21/h4-7,11-12,14H,3,8-10,13H2,1-2H3,(H,23,26)(H,24,25)/t14-/m0/s1. The van der Waals surface area contributed by atoms with Crippen LogP contribution in [0.1, 0.15) is 37.2 Å². The van der Waals surface area contributed by atoms with E-state index >= 15 is 0 Å². The first kappa shape index (κ1) is 18.3. The molecular weight excluding hydrogens is 354 g/mol. The zero-order valence-corrected chi connectivity index (χ0v) is 16.2. The number of aromatic amines is 1. The van der Waals surface area contributed by atoms with E-state index in [1.807, 2.05) is 43.3 Å². The van der Waals surface area contributed by atoms with Gasteiger partial charge in [0.15, 0.2) is 0 Å². The Labute approximate surface area is 164 Å². The molecule has 6 nitrogen and oxygen atoms in total. The Morgan fingerprint density at radius 2 is 2.21 bits per heavy atom. The number of hydrogen-bond acceptors (Lipinski definition) is 4. The molecule has 3 aromatic rings. The van der Waals surface area contributed by atoms with E-state index in [2.05, 4.69) is 22.2 Å². The number of hydrogen-bond donors (Lipinski definition) is 2. The number of nitrogens with zero attached hydrogens (tertiary/aromatic N) is 1. The van der Waals surface area contributed by atoms with Gasteiger partial charge in [-0.3, -0.25) is 4.79 Å². The van der Waals surface area contributed by atoms with Gasteiger partial charge >= 0.3 is 0 Å². The van der Waals surface area contributed by atoms with Gasteiger partial charge in [0.1, 0.15) is 23.4 Å². The van der Waals surface area contributed by atoms with Crippen molar-refractivity contribution in [1.82, 2.24) is 15.3 Å². The van der Waals surface area contributed by atoms with E-state index in [1.165, 1.54) is 0 Å². The van der Waals surface area contributed by atoms with Crippen molar-refractivity contribution in [2.45, 2.75) is 45.8 Å². The van der Waals surface area contributed by atoms with Crippen molar-refractivity contribution in [3.8, 4) is 11.5 Å². The molecule has 0 saturated carbocycles. The van der Waals surface area contributed by atoms with Crippen molar-refractivity contribution < 1.29 is 14.3 Å². The van der Waals surface area contributed by atoms with E-state index in [1.54, 1.807) is 0 Å². The maximum Gasteiger partial charge on any atom is 0.220 e. The second-order valence-electron chi connectivity index (χ2n) is 7.11. The molecule has 2 heterocycles. The summed E-state index contributed by atoms with van der Waals surface area (Å²) in [5.41, 5.74) is 4.01. The lowest BCUT2D eigenvalue weighted by Gasteiger charge is -2.13. The van der Waals surface area contributed by atoms with Crippen molar-refractivity contribution in [2.24, 2.45) is 0 Å². The number of carbonyl (C=O) groups excluding carboxylic acids is 1. The number of fused-ring (bicyclic) bond motifs is 2. The lowest BCUT2D eigenvalue weighted by atomic mass is 10.1. The molecular formula is C22H25N3O3. The highest BCUT2D eigenvalue weighted by Gasteiger charge is 2.22. The van der Waals surface area contributed by atoms with Crippen LogP contribution in [0, 0.1) is 0 Å². The highest BCUT2D eigenvalue weighted by Crippen LogP contribution is 2.35. The Bertz CT molecular complexity index is 963. The van der Waals surface area contributed by atoms with Crippen LogP contribution in [0.2, 0.25) is 0 Å². The Morgan fingerprint density at radius 3 is 3.04 bits per heavy atom. The zero-order valence-electron chi connectivity index (χ0n) is 16.2. The van der Waals surface area contributed by atoms with Crippen LogP contribution < -0.4 is 14.8 Å². The number of benzene rings is 2. The molecule has 0 unspecified atom stereocenters. The average molecular weight is 379 g/mol. The molecule has 4 rings (SSSR count). The van der Waals surface area contributed by atoms with Gasteiger partial charge in [0.25, 0.3) is 0 Å². The van der Waals surface area contributed by atoms with Crippen molar-refractivity contribution >= 4 is 16.9 Å². The molecule has 28 heavy (non-hydrogen) atoms. The number of imidazole rings is 1. The second-order valence-corrected chi connectivity index (χ2v) is 7.11. The lowest BCUT2D eigenvalue weighted by molar-refractivity contribution is -0.121. The van der Waals surface area contributed by atoms with Gasteiger partial charge in [-0.25, -0.2) is 4.98 Å². The molecule has 6 heteroatoms. The number of carbonyl (C=O) groups is 1. The minimum Gasteiger partial charge on any atom is -0.494 e. The molecule has 2 aromatic carbocycles. The molecule has 0 bridgehead atoms. The Morgan fingerprint density at radius 1 is 1.36 bits per heavy atom. The molecule has 1 aromatic heterocycles. The molecule has 0 saturated heterocycles. The van der Waals surface area contributed by atoms with Gasteiger partial charge in [-0.1, -0.05) is 12.1 Å². The normalized spacial score (nSPS) is 15.3. The number of amides is 1. The van der Waals surface area contributed by atoms with Gasteiger partial charge in [0, 0.05) is 36.9 Å². The molecule has 2 N–H and O–H groups in total. The highest BCUT2D eigenvalue weighted by atomic mass is 16.5. The van der Waals surface area contributed by atoms with Gasteiger partial charge in [0.05, 0.1) is 17.6 Å². The molecule has 146 valence electrons. The van der Waals surface area contributed by atoms with Crippen LogP contribution in [0.25, 0.3) is 11.0 Å². The first-order chi connectivity index (χ1) is 13.6. The third-order valence-electron chi connectivity index (χ3n) is 4.88. The molecule has 0 spiro atoms. The van der Waals surface area contributed by atoms with Crippen molar-refractivity contribution in [2.75, 3.05) is 6.61 Å². The van der Waals surface area contributed by atoms with E-state index in [0.29, 0.717) is 26.0 Å². The summed E-state index contributed by atoms with van der Waals surface area (Å²) < 4.78 is 11.6. The maximum absolute atomic E-state index is 12.3. The van der Waals surface area contributed by atoms with Crippen molar-refractivity contribution in [3.05, 3.63) is 53.3 Å². The van der Waals surface area contributed by atoms with Crippen LogP contribution in [0.5, 0.6) is 11.5 Å². The molecule has 1 aliphatic heterocycles. The number of rotatable bonds is 7. The summed E-state index contributed by atoms with van der Waals surface area (Å²) >= 11 is 0. The Hall–Kier alpha value is -3.02. The molecule has 0 aliphatic carbocycles. The summed E-state index contributed by atoms with van der Waals surface area (Å²) in [7, 11) is 0. The number of H-pyrrole nitrogens is 1. The fourth-order valence-electron chi connectivity index (χ4n) is 3.55. The van der Waals surface area contributed by atoms with Gasteiger partial charge in [0.2, 0.25) is 5.91 Å².